The molecule has 7 nitrogen and oxygen atoms in total. The Bertz CT molecular complexity index is 1360. The van der Waals surface area contributed by atoms with Crippen LogP contribution in [0, 0.1) is 0 Å². The lowest BCUT2D eigenvalue weighted by molar-refractivity contribution is -0.140. The van der Waals surface area contributed by atoms with Crippen molar-refractivity contribution < 1.29 is 18.0 Å². The molecule has 1 saturated carbocycles. The largest absolute Gasteiger partial charge is 0.354 e. The molecule has 2 amide bonds. The Morgan fingerprint density at radius 2 is 1.51 bits per heavy atom. The molecule has 3 aromatic carbocycles. The van der Waals surface area contributed by atoms with Gasteiger partial charge in [-0.3, -0.25) is 9.59 Å². The Hall–Kier alpha value is -3.20. The average molecular weight is 568 g/mol. The van der Waals surface area contributed by atoms with Gasteiger partial charge in [0.05, 0.1) is 4.90 Å². The summed E-state index contributed by atoms with van der Waals surface area (Å²) in [4.78, 5) is 28.2. The normalized spacial score (nSPS) is 14.0. The Balaban J connectivity index is 1.38. The zero-order valence-electron chi connectivity index (χ0n) is 22.0. The summed E-state index contributed by atoms with van der Waals surface area (Å²) in [5.41, 5.74) is 2.84. The average Bonchev–Trinajstić information content (AvgIpc) is 3.75. The Morgan fingerprint density at radius 1 is 0.897 bits per heavy atom. The second-order valence-electron chi connectivity index (χ2n) is 9.89. The smallest absolute Gasteiger partial charge is 0.242 e. The van der Waals surface area contributed by atoms with Crippen molar-refractivity contribution in [1.29, 1.82) is 0 Å². The van der Waals surface area contributed by atoms with Gasteiger partial charge < -0.3 is 10.2 Å². The molecule has 39 heavy (non-hydrogen) atoms. The number of hydrogen-bond acceptors (Lipinski definition) is 4. The predicted molar refractivity (Wildman–Crippen MR) is 153 cm³/mol. The molecule has 0 radical (unpaired) electrons. The minimum atomic E-state index is -3.52. The van der Waals surface area contributed by atoms with Crippen LogP contribution in [0.2, 0.25) is 5.02 Å². The zero-order chi connectivity index (χ0) is 27.8. The maximum Gasteiger partial charge on any atom is 0.242 e. The highest BCUT2D eigenvalue weighted by Gasteiger charge is 2.28. The molecule has 0 bridgehead atoms. The van der Waals surface area contributed by atoms with Crippen LogP contribution in [-0.4, -0.2) is 43.8 Å². The number of rotatable bonds is 13. The highest BCUT2D eigenvalue weighted by molar-refractivity contribution is 7.89. The van der Waals surface area contributed by atoms with Crippen molar-refractivity contribution in [2.75, 3.05) is 6.54 Å². The van der Waals surface area contributed by atoms with E-state index in [0.717, 1.165) is 29.5 Å². The Labute approximate surface area is 235 Å². The van der Waals surface area contributed by atoms with E-state index in [0.29, 0.717) is 24.4 Å². The van der Waals surface area contributed by atoms with Crippen LogP contribution in [0.3, 0.4) is 0 Å². The van der Waals surface area contributed by atoms with Gasteiger partial charge >= 0.3 is 0 Å². The van der Waals surface area contributed by atoms with Crippen LogP contribution in [0.15, 0.2) is 83.8 Å². The van der Waals surface area contributed by atoms with Gasteiger partial charge in [-0.1, -0.05) is 66.2 Å². The number of amides is 2. The first-order valence-electron chi connectivity index (χ1n) is 13.2. The van der Waals surface area contributed by atoms with Crippen LogP contribution in [0.1, 0.15) is 42.9 Å². The first-order chi connectivity index (χ1) is 18.7. The molecule has 0 aliphatic heterocycles. The molecule has 0 saturated heterocycles. The first kappa shape index (κ1) is 28.8. The number of sulfonamides is 1. The second kappa shape index (κ2) is 13.2. The van der Waals surface area contributed by atoms with Gasteiger partial charge in [0, 0.05) is 30.6 Å². The third kappa shape index (κ3) is 8.65. The fourth-order valence-corrected chi connectivity index (χ4v) is 5.64. The molecule has 0 spiro atoms. The SMILES string of the molecule is C[C@@H](C(=O)NCCc1ccccc1)N(Cc1ccc(Cl)cc1)C(=O)CCc1ccc(S(=O)(=O)NC2CC2)cc1. The molecule has 1 aliphatic rings. The number of nitrogens with one attached hydrogen (secondary N) is 2. The number of benzene rings is 3. The van der Waals surface area contributed by atoms with Crippen molar-refractivity contribution in [2.45, 2.75) is 62.6 Å². The highest BCUT2D eigenvalue weighted by Crippen LogP contribution is 2.22. The summed E-state index contributed by atoms with van der Waals surface area (Å²) in [6, 6.07) is 23.1. The summed E-state index contributed by atoms with van der Waals surface area (Å²) in [6.07, 6.45) is 3.05. The summed E-state index contributed by atoms with van der Waals surface area (Å²) in [7, 11) is -3.52. The van der Waals surface area contributed by atoms with Crippen molar-refractivity contribution in [1.82, 2.24) is 14.9 Å². The van der Waals surface area contributed by atoms with Gasteiger partial charge in [0.15, 0.2) is 0 Å². The third-order valence-electron chi connectivity index (χ3n) is 6.75. The van der Waals surface area contributed by atoms with Crippen molar-refractivity contribution in [3.05, 3.63) is 101 Å². The van der Waals surface area contributed by atoms with E-state index in [-0.39, 0.29) is 35.7 Å². The number of aryl methyl sites for hydroxylation is 1. The molecule has 206 valence electrons. The minimum Gasteiger partial charge on any atom is -0.354 e. The Kier molecular flexibility index (Phi) is 9.78. The maximum absolute atomic E-state index is 13.4. The van der Waals surface area contributed by atoms with Crippen molar-refractivity contribution in [3.63, 3.8) is 0 Å². The van der Waals surface area contributed by atoms with E-state index in [1.165, 1.54) is 0 Å². The fourth-order valence-electron chi connectivity index (χ4n) is 4.21. The van der Waals surface area contributed by atoms with E-state index in [4.69, 9.17) is 11.6 Å². The molecule has 4 rings (SSSR count). The molecule has 1 fully saturated rings. The predicted octanol–water partition coefficient (Wildman–Crippen LogP) is 4.49. The summed E-state index contributed by atoms with van der Waals surface area (Å²) >= 11 is 6.03. The second-order valence-corrected chi connectivity index (χ2v) is 12.0. The number of hydrogen-bond donors (Lipinski definition) is 2. The van der Waals surface area contributed by atoms with E-state index < -0.39 is 16.1 Å². The third-order valence-corrected chi connectivity index (χ3v) is 8.54. The van der Waals surface area contributed by atoms with E-state index in [1.807, 2.05) is 42.5 Å². The van der Waals surface area contributed by atoms with Gasteiger partial charge in [-0.25, -0.2) is 13.1 Å². The highest BCUT2D eigenvalue weighted by atomic mass is 35.5. The first-order valence-corrected chi connectivity index (χ1v) is 15.0. The number of carbonyl (C=O) groups is 2. The van der Waals surface area contributed by atoms with E-state index >= 15 is 0 Å². The molecule has 2 N–H and O–H groups in total. The van der Waals surface area contributed by atoms with Gasteiger partial charge in [0.1, 0.15) is 6.04 Å². The number of carbonyl (C=O) groups excluding carboxylic acids is 2. The zero-order valence-corrected chi connectivity index (χ0v) is 23.5. The van der Waals surface area contributed by atoms with E-state index in [9.17, 15) is 18.0 Å². The molecule has 0 heterocycles. The van der Waals surface area contributed by atoms with E-state index in [2.05, 4.69) is 10.0 Å². The number of halogens is 1. The molecular weight excluding hydrogens is 534 g/mol. The molecule has 9 heteroatoms. The van der Waals surface area contributed by atoms with Crippen LogP contribution in [0.25, 0.3) is 0 Å². The molecule has 3 aromatic rings. The summed E-state index contributed by atoms with van der Waals surface area (Å²) in [5.74, 6) is -0.381. The fraction of sp³-hybridized carbons (Fsp3) is 0.333. The monoisotopic (exact) mass is 567 g/mol. The summed E-state index contributed by atoms with van der Waals surface area (Å²) in [6.45, 7) is 2.48. The summed E-state index contributed by atoms with van der Waals surface area (Å²) < 4.78 is 27.5. The van der Waals surface area contributed by atoms with Crippen LogP contribution in [-0.2, 0) is 39.0 Å². The molecular formula is C30H34ClN3O4S. The molecule has 0 unspecified atom stereocenters. The molecule has 1 atom stereocenters. The lowest BCUT2D eigenvalue weighted by atomic mass is 10.1. The van der Waals surface area contributed by atoms with Crippen LogP contribution >= 0.6 is 11.6 Å². The van der Waals surface area contributed by atoms with Gasteiger partial charge in [-0.05, 0) is 73.6 Å². The lowest BCUT2D eigenvalue weighted by Crippen LogP contribution is -2.48. The van der Waals surface area contributed by atoms with Crippen molar-refractivity contribution in [2.24, 2.45) is 0 Å². The van der Waals surface area contributed by atoms with Crippen LogP contribution in [0.4, 0.5) is 0 Å². The van der Waals surface area contributed by atoms with Crippen LogP contribution < -0.4 is 10.0 Å². The Morgan fingerprint density at radius 3 is 2.15 bits per heavy atom. The minimum absolute atomic E-state index is 0.0384. The summed E-state index contributed by atoms with van der Waals surface area (Å²) in [5, 5.41) is 3.55. The van der Waals surface area contributed by atoms with Crippen molar-refractivity contribution >= 4 is 33.4 Å². The standard InChI is InChI=1S/C30H34ClN3O4S/c1-22(30(36)32-20-19-23-5-3-2-4-6-23)34(21-25-7-12-26(31)13-8-25)29(35)18-11-24-9-16-28(17-10-24)39(37,38)33-27-14-15-27/h2-10,12-13,16-17,22,27,33H,11,14-15,18-21H2,1H3,(H,32,36)/t22-/m0/s1. The van der Waals surface area contributed by atoms with Gasteiger partial charge in [-0.2, -0.15) is 0 Å². The number of nitrogens with zero attached hydrogens (tertiary/aromatic N) is 1. The van der Waals surface area contributed by atoms with Gasteiger partial charge in [0.2, 0.25) is 21.8 Å². The molecule has 1 aliphatic carbocycles. The van der Waals surface area contributed by atoms with E-state index in [1.54, 1.807) is 48.2 Å². The van der Waals surface area contributed by atoms with Gasteiger partial charge in [0.25, 0.3) is 0 Å². The quantitative estimate of drug-likeness (QED) is 0.318. The lowest BCUT2D eigenvalue weighted by Gasteiger charge is -2.29. The topological polar surface area (TPSA) is 95.6 Å². The maximum atomic E-state index is 13.4. The van der Waals surface area contributed by atoms with Crippen molar-refractivity contribution in [3.8, 4) is 0 Å². The van der Waals surface area contributed by atoms with Gasteiger partial charge in [-0.15, -0.1) is 0 Å². The van der Waals surface area contributed by atoms with Crippen LogP contribution in [0.5, 0.6) is 0 Å². The molecule has 0 aromatic heterocycles.